The Morgan fingerprint density at radius 1 is 1.36 bits per heavy atom. The average Bonchev–Trinajstić information content (AvgIpc) is 2.11. The molecule has 0 fully saturated rings. The molecule has 0 aromatic rings. The summed E-state index contributed by atoms with van der Waals surface area (Å²) in [4.78, 5) is 11.0. The van der Waals surface area contributed by atoms with Gasteiger partial charge in [-0.15, -0.1) is 0 Å². The number of carbonyl (C=O) groups excluding carboxylic acids is 1. The largest absolute Gasteiger partial charge is 0.409 e. The Bertz CT molecular complexity index is 227. The third kappa shape index (κ3) is 3.61. The first-order chi connectivity index (χ1) is 6.40. The number of hydrogen-bond donors (Lipinski definition) is 4. The Morgan fingerprint density at radius 3 is 2.14 bits per heavy atom. The fraction of sp³-hybridized carbons (Fsp3) is 0.750. The van der Waals surface area contributed by atoms with E-state index >= 15 is 0 Å². The Labute approximate surface area is 83.3 Å². The molecule has 0 aliphatic rings. The lowest BCUT2D eigenvalue weighted by atomic mass is 10.0. The van der Waals surface area contributed by atoms with Gasteiger partial charge in [0.25, 0.3) is 0 Å². The summed E-state index contributed by atoms with van der Waals surface area (Å²) in [5.74, 6) is -0.365. The number of amides is 1. The van der Waals surface area contributed by atoms with Crippen molar-refractivity contribution in [3.8, 4) is 0 Å². The third-order valence-corrected chi connectivity index (χ3v) is 1.96. The van der Waals surface area contributed by atoms with E-state index in [1.165, 1.54) is 0 Å². The molecule has 0 saturated heterocycles. The first-order valence-electron chi connectivity index (χ1n) is 4.43. The quantitative estimate of drug-likeness (QED) is 0.203. The van der Waals surface area contributed by atoms with Crippen molar-refractivity contribution >= 4 is 11.7 Å². The number of primary amides is 1. The highest BCUT2D eigenvalue weighted by Crippen LogP contribution is 2.02. The van der Waals surface area contributed by atoms with Crippen LogP contribution < -0.4 is 16.8 Å². The van der Waals surface area contributed by atoms with E-state index in [9.17, 15) is 4.79 Å². The zero-order valence-electron chi connectivity index (χ0n) is 8.69. The molecule has 82 valence electrons. The van der Waals surface area contributed by atoms with E-state index in [-0.39, 0.29) is 17.8 Å². The van der Waals surface area contributed by atoms with Crippen LogP contribution >= 0.6 is 0 Å². The van der Waals surface area contributed by atoms with E-state index in [4.69, 9.17) is 16.7 Å². The van der Waals surface area contributed by atoms with Crippen molar-refractivity contribution in [3.63, 3.8) is 0 Å². The molecule has 0 aliphatic carbocycles. The van der Waals surface area contributed by atoms with Crippen molar-refractivity contribution in [3.05, 3.63) is 0 Å². The van der Waals surface area contributed by atoms with Gasteiger partial charge in [0.1, 0.15) is 0 Å². The Morgan fingerprint density at radius 2 is 1.86 bits per heavy atom. The molecule has 2 unspecified atom stereocenters. The average molecular weight is 202 g/mol. The molecule has 14 heavy (non-hydrogen) atoms. The number of nitrogens with zero attached hydrogens (tertiary/aromatic N) is 1. The van der Waals surface area contributed by atoms with Crippen molar-refractivity contribution in [2.75, 3.05) is 0 Å². The molecule has 0 spiro atoms. The van der Waals surface area contributed by atoms with Crippen LogP contribution in [-0.2, 0) is 4.79 Å². The topological polar surface area (TPSA) is 114 Å². The zero-order chi connectivity index (χ0) is 11.3. The highest BCUT2D eigenvalue weighted by atomic mass is 16.4. The maximum atomic E-state index is 11.0. The highest BCUT2D eigenvalue weighted by Gasteiger charge is 2.22. The number of nitrogens with two attached hydrogens (primary N) is 2. The van der Waals surface area contributed by atoms with Crippen LogP contribution in [0.4, 0.5) is 0 Å². The minimum absolute atomic E-state index is 0.0249. The van der Waals surface area contributed by atoms with E-state index < -0.39 is 11.9 Å². The summed E-state index contributed by atoms with van der Waals surface area (Å²) in [6.45, 7) is 5.41. The molecule has 0 aromatic heterocycles. The maximum absolute atomic E-state index is 11.0. The molecule has 0 saturated carbocycles. The number of rotatable bonds is 5. The van der Waals surface area contributed by atoms with Crippen LogP contribution in [-0.4, -0.2) is 29.0 Å². The number of oxime groups is 1. The maximum Gasteiger partial charge on any atom is 0.234 e. The molecule has 0 aromatic carbocycles. The predicted molar refractivity (Wildman–Crippen MR) is 53.8 cm³/mol. The van der Waals surface area contributed by atoms with E-state index in [2.05, 4.69) is 10.5 Å². The number of nitrogens with one attached hydrogen (secondary N) is 1. The molecule has 0 bridgehead atoms. The van der Waals surface area contributed by atoms with E-state index in [1.54, 1.807) is 6.92 Å². The van der Waals surface area contributed by atoms with Crippen LogP contribution in [0.15, 0.2) is 5.16 Å². The molecule has 0 rings (SSSR count). The molecule has 6 nitrogen and oxygen atoms in total. The normalized spacial score (nSPS) is 16.7. The van der Waals surface area contributed by atoms with Gasteiger partial charge in [-0.05, 0) is 12.8 Å². The minimum atomic E-state index is -0.481. The minimum Gasteiger partial charge on any atom is -0.409 e. The molecular weight excluding hydrogens is 184 g/mol. The van der Waals surface area contributed by atoms with Crippen LogP contribution in [0.1, 0.15) is 20.8 Å². The second kappa shape index (κ2) is 5.43. The van der Waals surface area contributed by atoms with Gasteiger partial charge in [-0.3, -0.25) is 10.1 Å². The van der Waals surface area contributed by atoms with Crippen molar-refractivity contribution in [2.24, 2.45) is 22.5 Å². The third-order valence-electron chi connectivity index (χ3n) is 1.96. The monoisotopic (exact) mass is 202 g/mol. The van der Waals surface area contributed by atoms with Crippen molar-refractivity contribution in [1.82, 2.24) is 5.32 Å². The highest BCUT2D eigenvalue weighted by molar-refractivity contribution is 5.86. The van der Waals surface area contributed by atoms with Crippen molar-refractivity contribution < 1.29 is 10.0 Å². The number of amidine groups is 1. The molecule has 6 heteroatoms. The summed E-state index contributed by atoms with van der Waals surface area (Å²) in [5, 5.41) is 14.1. The van der Waals surface area contributed by atoms with E-state index in [1.807, 2.05) is 13.8 Å². The second-order valence-electron chi connectivity index (χ2n) is 3.54. The fourth-order valence-electron chi connectivity index (χ4n) is 1.04. The zero-order valence-corrected chi connectivity index (χ0v) is 8.69. The fourth-order valence-corrected chi connectivity index (χ4v) is 1.04. The van der Waals surface area contributed by atoms with Gasteiger partial charge in [-0.2, -0.15) is 0 Å². The standard InChI is InChI=1S/C8H18N4O2/c1-4(2)6(8(10)13)11-5(3)7(9)12-14/h4-6,11,14H,1-3H3,(H2,9,12)(H2,10,13). The van der Waals surface area contributed by atoms with Gasteiger partial charge in [-0.25, -0.2) is 0 Å². The lowest BCUT2D eigenvalue weighted by Gasteiger charge is -2.22. The molecule has 0 heterocycles. The van der Waals surface area contributed by atoms with Crippen LogP contribution in [0.2, 0.25) is 0 Å². The van der Waals surface area contributed by atoms with Gasteiger partial charge in [0.05, 0.1) is 12.1 Å². The van der Waals surface area contributed by atoms with Crippen molar-refractivity contribution in [1.29, 1.82) is 0 Å². The second-order valence-corrected chi connectivity index (χ2v) is 3.54. The Kier molecular flexibility index (Phi) is 4.93. The predicted octanol–water partition coefficient (Wildman–Crippen LogP) is -0.779. The summed E-state index contributed by atoms with van der Waals surface area (Å²) in [7, 11) is 0. The lowest BCUT2D eigenvalue weighted by Crippen LogP contribution is -2.52. The Hall–Kier alpha value is -1.30. The van der Waals surface area contributed by atoms with Crippen molar-refractivity contribution in [2.45, 2.75) is 32.9 Å². The van der Waals surface area contributed by atoms with Crippen LogP contribution in [0.3, 0.4) is 0 Å². The summed E-state index contributed by atoms with van der Waals surface area (Å²) >= 11 is 0. The first kappa shape index (κ1) is 12.7. The molecule has 2 atom stereocenters. The summed E-state index contributed by atoms with van der Waals surface area (Å²) < 4.78 is 0. The van der Waals surface area contributed by atoms with Gasteiger partial charge in [-0.1, -0.05) is 19.0 Å². The molecule has 1 amide bonds. The number of hydrogen-bond acceptors (Lipinski definition) is 4. The van der Waals surface area contributed by atoms with Gasteiger partial charge in [0.2, 0.25) is 5.91 Å². The molecule has 6 N–H and O–H groups in total. The van der Waals surface area contributed by atoms with E-state index in [0.29, 0.717) is 0 Å². The van der Waals surface area contributed by atoms with Gasteiger partial charge >= 0.3 is 0 Å². The molecule has 0 radical (unpaired) electrons. The first-order valence-corrected chi connectivity index (χ1v) is 4.43. The molecule has 0 aliphatic heterocycles. The van der Waals surface area contributed by atoms with Crippen LogP contribution in [0.25, 0.3) is 0 Å². The summed E-state index contributed by atoms with van der Waals surface area (Å²) in [6.07, 6.45) is 0. The van der Waals surface area contributed by atoms with Gasteiger partial charge in [0, 0.05) is 0 Å². The summed E-state index contributed by atoms with van der Waals surface area (Å²) in [5.41, 5.74) is 10.5. The van der Waals surface area contributed by atoms with Crippen LogP contribution in [0, 0.1) is 5.92 Å². The van der Waals surface area contributed by atoms with Gasteiger partial charge < -0.3 is 16.7 Å². The lowest BCUT2D eigenvalue weighted by molar-refractivity contribution is -0.121. The van der Waals surface area contributed by atoms with Crippen LogP contribution in [0.5, 0.6) is 0 Å². The van der Waals surface area contributed by atoms with Gasteiger partial charge in [0.15, 0.2) is 5.84 Å². The Balaban J connectivity index is 4.38. The smallest absolute Gasteiger partial charge is 0.234 e. The SMILES string of the molecule is CC(NC(C(N)=O)C(C)C)C(N)=NO. The molecular formula is C8H18N4O2. The van der Waals surface area contributed by atoms with E-state index in [0.717, 1.165) is 0 Å². The summed E-state index contributed by atoms with van der Waals surface area (Å²) in [6, 6.07) is -0.870. The number of carbonyl (C=O) groups is 1.